The van der Waals surface area contributed by atoms with Crippen molar-refractivity contribution in [3.8, 4) is 0 Å². The normalized spacial score (nSPS) is 22.8. The molecule has 1 heterocycles. The Labute approximate surface area is 125 Å². The van der Waals surface area contributed by atoms with Crippen LogP contribution in [0.4, 0.5) is 14.9 Å². The number of hydrogen-bond acceptors (Lipinski definition) is 3. The molecule has 0 aliphatic carbocycles. The van der Waals surface area contributed by atoms with Gasteiger partial charge in [0.25, 0.3) is 0 Å². The zero-order chi connectivity index (χ0) is 15.5. The quantitative estimate of drug-likeness (QED) is 0.908. The number of carbonyl (C=O) groups excluding carboxylic acids is 1. The largest absolute Gasteiger partial charge is 0.444 e. The molecule has 1 aliphatic rings. The van der Waals surface area contributed by atoms with E-state index in [2.05, 4.69) is 5.32 Å². The molecule has 1 aromatic carbocycles. The fourth-order valence-corrected chi connectivity index (χ4v) is 2.31. The zero-order valence-corrected chi connectivity index (χ0v) is 12.8. The first-order valence-corrected chi connectivity index (χ1v) is 7.29. The summed E-state index contributed by atoms with van der Waals surface area (Å²) in [5.41, 5.74) is 0.345. The number of anilines is 1. The molecule has 1 N–H and O–H groups in total. The number of benzene rings is 1. The standard InChI is InChI=1S/C16H23FN2O2/c1-16(2,3)21-15(20)19-10-9-14(13(17)11-19)18-12-7-5-4-6-8-12/h4-8,13-14,18H,9-11H2,1-3H3. The van der Waals surface area contributed by atoms with Crippen LogP contribution in [-0.4, -0.2) is 41.9 Å². The Morgan fingerprint density at radius 2 is 2.00 bits per heavy atom. The molecule has 5 heteroatoms. The van der Waals surface area contributed by atoms with Gasteiger partial charge in [-0.3, -0.25) is 0 Å². The van der Waals surface area contributed by atoms with Crippen LogP contribution in [0.2, 0.25) is 0 Å². The van der Waals surface area contributed by atoms with Crippen molar-refractivity contribution in [1.29, 1.82) is 0 Å². The third kappa shape index (κ3) is 4.62. The smallest absolute Gasteiger partial charge is 0.410 e. The summed E-state index contributed by atoms with van der Waals surface area (Å²) in [6.45, 7) is 5.99. The summed E-state index contributed by atoms with van der Waals surface area (Å²) in [4.78, 5) is 13.4. The molecule has 2 rings (SSSR count). The van der Waals surface area contributed by atoms with Gasteiger partial charge < -0.3 is 15.0 Å². The van der Waals surface area contributed by atoms with Gasteiger partial charge in [-0.05, 0) is 39.3 Å². The average Bonchev–Trinajstić information content (AvgIpc) is 2.40. The second-order valence-corrected chi connectivity index (χ2v) is 6.35. The summed E-state index contributed by atoms with van der Waals surface area (Å²) in [7, 11) is 0. The summed E-state index contributed by atoms with van der Waals surface area (Å²) < 4.78 is 19.5. The zero-order valence-electron chi connectivity index (χ0n) is 12.8. The van der Waals surface area contributed by atoms with Crippen molar-refractivity contribution >= 4 is 11.8 Å². The molecule has 0 spiro atoms. The van der Waals surface area contributed by atoms with Gasteiger partial charge in [-0.15, -0.1) is 0 Å². The molecule has 2 atom stereocenters. The highest BCUT2D eigenvalue weighted by Crippen LogP contribution is 2.21. The molecule has 1 fully saturated rings. The van der Waals surface area contributed by atoms with Gasteiger partial charge in [0.1, 0.15) is 11.8 Å². The van der Waals surface area contributed by atoms with E-state index in [9.17, 15) is 9.18 Å². The third-order valence-corrected chi connectivity index (χ3v) is 3.32. The number of halogens is 1. The highest BCUT2D eigenvalue weighted by Gasteiger charge is 2.33. The minimum absolute atomic E-state index is 0.0689. The van der Waals surface area contributed by atoms with Gasteiger partial charge in [0.15, 0.2) is 0 Å². The Morgan fingerprint density at radius 1 is 1.33 bits per heavy atom. The average molecular weight is 294 g/mol. The van der Waals surface area contributed by atoms with Crippen molar-refractivity contribution < 1.29 is 13.9 Å². The van der Waals surface area contributed by atoms with E-state index in [1.807, 2.05) is 51.1 Å². The second-order valence-electron chi connectivity index (χ2n) is 6.35. The molecule has 21 heavy (non-hydrogen) atoms. The van der Waals surface area contributed by atoms with Crippen molar-refractivity contribution in [3.63, 3.8) is 0 Å². The summed E-state index contributed by atoms with van der Waals surface area (Å²) in [5.74, 6) is 0. The molecular formula is C16H23FN2O2. The van der Waals surface area contributed by atoms with Crippen LogP contribution in [-0.2, 0) is 4.74 Å². The number of alkyl halides is 1. The van der Waals surface area contributed by atoms with E-state index in [0.29, 0.717) is 13.0 Å². The van der Waals surface area contributed by atoms with Crippen molar-refractivity contribution in [2.75, 3.05) is 18.4 Å². The van der Waals surface area contributed by atoms with E-state index < -0.39 is 17.9 Å². The van der Waals surface area contributed by atoms with E-state index in [1.165, 1.54) is 4.90 Å². The first-order chi connectivity index (χ1) is 9.85. The Hall–Kier alpha value is -1.78. The predicted molar refractivity (Wildman–Crippen MR) is 81.2 cm³/mol. The second kappa shape index (κ2) is 6.33. The summed E-state index contributed by atoms with van der Waals surface area (Å²) in [6, 6.07) is 9.28. The Morgan fingerprint density at radius 3 is 2.57 bits per heavy atom. The number of amides is 1. The van der Waals surface area contributed by atoms with Gasteiger partial charge in [0.05, 0.1) is 12.6 Å². The maximum atomic E-state index is 14.3. The van der Waals surface area contributed by atoms with E-state index in [0.717, 1.165) is 5.69 Å². The number of carbonyl (C=O) groups is 1. The van der Waals surface area contributed by atoms with Crippen molar-refractivity contribution in [1.82, 2.24) is 4.90 Å². The highest BCUT2D eigenvalue weighted by atomic mass is 19.1. The van der Waals surface area contributed by atoms with Crippen LogP contribution >= 0.6 is 0 Å². The molecule has 4 nitrogen and oxygen atoms in total. The molecule has 116 valence electrons. The van der Waals surface area contributed by atoms with E-state index in [-0.39, 0.29) is 12.6 Å². The van der Waals surface area contributed by atoms with Gasteiger partial charge in [-0.25, -0.2) is 9.18 Å². The van der Waals surface area contributed by atoms with Gasteiger partial charge >= 0.3 is 6.09 Å². The van der Waals surface area contributed by atoms with E-state index >= 15 is 0 Å². The summed E-state index contributed by atoms with van der Waals surface area (Å²) >= 11 is 0. The van der Waals surface area contributed by atoms with E-state index in [1.54, 1.807) is 0 Å². The van der Waals surface area contributed by atoms with Crippen LogP contribution < -0.4 is 5.32 Å². The lowest BCUT2D eigenvalue weighted by atomic mass is 10.0. The molecule has 1 amide bonds. The monoisotopic (exact) mass is 294 g/mol. The van der Waals surface area contributed by atoms with Crippen molar-refractivity contribution in [2.24, 2.45) is 0 Å². The van der Waals surface area contributed by atoms with Crippen LogP contribution in [0, 0.1) is 0 Å². The lowest BCUT2D eigenvalue weighted by Crippen LogP contribution is -2.51. The molecular weight excluding hydrogens is 271 g/mol. The van der Waals surface area contributed by atoms with Gasteiger partial charge in [0.2, 0.25) is 0 Å². The van der Waals surface area contributed by atoms with Crippen molar-refractivity contribution in [3.05, 3.63) is 30.3 Å². The number of nitrogens with zero attached hydrogens (tertiary/aromatic N) is 1. The van der Waals surface area contributed by atoms with Crippen LogP contribution in [0.5, 0.6) is 0 Å². The number of piperidine rings is 1. The van der Waals surface area contributed by atoms with Crippen LogP contribution in [0.25, 0.3) is 0 Å². The lowest BCUT2D eigenvalue weighted by molar-refractivity contribution is 0.0125. The van der Waals surface area contributed by atoms with Crippen LogP contribution in [0.15, 0.2) is 30.3 Å². The Balaban J connectivity index is 1.89. The molecule has 0 bridgehead atoms. The molecule has 1 aromatic rings. The van der Waals surface area contributed by atoms with Gasteiger partial charge in [0, 0.05) is 12.2 Å². The third-order valence-electron chi connectivity index (χ3n) is 3.32. The highest BCUT2D eigenvalue weighted by molar-refractivity contribution is 5.68. The first-order valence-electron chi connectivity index (χ1n) is 7.29. The number of para-hydroxylation sites is 1. The minimum Gasteiger partial charge on any atom is -0.444 e. The topological polar surface area (TPSA) is 41.6 Å². The lowest BCUT2D eigenvalue weighted by Gasteiger charge is -2.36. The maximum Gasteiger partial charge on any atom is 0.410 e. The predicted octanol–water partition coefficient (Wildman–Crippen LogP) is 3.45. The molecule has 2 unspecified atom stereocenters. The number of hydrogen-bond donors (Lipinski definition) is 1. The van der Waals surface area contributed by atoms with Gasteiger partial charge in [-0.2, -0.15) is 0 Å². The number of rotatable bonds is 2. The molecule has 1 saturated heterocycles. The fourth-order valence-electron chi connectivity index (χ4n) is 2.31. The van der Waals surface area contributed by atoms with E-state index in [4.69, 9.17) is 4.74 Å². The molecule has 0 aromatic heterocycles. The Bertz CT molecular complexity index is 473. The minimum atomic E-state index is -1.11. The fraction of sp³-hybridized carbons (Fsp3) is 0.562. The maximum absolute atomic E-state index is 14.3. The molecule has 1 aliphatic heterocycles. The molecule has 0 saturated carbocycles. The number of ether oxygens (including phenoxy) is 1. The van der Waals surface area contributed by atoms with Crippen LogP contribution in [0.3, 0.4) is 0 Å². The number of likely N-dealkylation sites (tertiary alicyclic amines) is 1. The number of nitrogens with one attached hydrogen (secondary N) is 1. The summed E-state index contributed by atoms with van der Waals surface area (Å²) in [5, 5.41) is 3.18. The first kappa shape index (κ1) is 15.6. The van der Waals surface area contributed by atoms with Crippen molar-refractivity contribution in [2.45, 2.75) is 45.0 Å². The molecule has 0 radical (unpaired) electrons. The van der Waals surface area contributed by atoms with Crippen LogP contribution in [0.1, 0.15) is 27.2 Å². The SMILES string of the molecule is CC(C)(C)OC(=O)N1CCC(Nc2ccccc2)C(F)C1. The Kier molecular flexibility index (Phi) is 4.70. The summed E-state index contributed by atoms with van der Waals surface area (Å²) in [6.07, 6.45) is -0.982. The van der Waals surface area contributed by atoms with Gasteiger partial charge in [-0.1, -0.05) is 18.2 Å².